The lowest BCUT2D eigenvalue weighted by molar-refractivity contribution is -0.135. The van der Waals surface area contributed by atoms with E-state index in [1.165, 1.54) is 6.20 Å². The van der Waals surface area contributed by atoms with E-state index < -0.39 is 18.4 Å². The number of nitrogens with zero attached hydrogens (tertiary/aromatic N) is 1. The highest BCUT2D eigenvalue weighted by atomic mass is 16.4. The molecule has 0 aliphatic rings. The Bertz CT molecular complexity index is 331. The van der Waals surface area contributed by atoms with Gasteiger partial charge in [-0.3, -0.25) is 14.7 Å². The van der Waals surface area contributed by atoms with Crippen molar-refractivity contribution in [3.05, 3.63) is 17.5 Å². The molecule has 6 nitrogen and oxygen atoms in total. The van der Waals surface area contributed by atoms with Gasteiger partial charge in [0.1, 0.15) is 12.2 Å². The van der Waals surface area contributed by atoms with E-state index in [9.17, 15) is 9.59 Å². The SMILES string of the molecule is Cc1cn[nH]c1C(=O)NCC(=O)O. The summed E-state index contributed by atoms with van der Waals surface area (Å²) in [6.07, 6.45) is 1.50. The number of hydrogen-bond acceptors (Lipinski definition) is 3. The number of aryl methyl sites for hydroxylation is 1. The Labute approximate surface area is 74.0 Å². The molecule has 0 spiro atoms. The normalized spacial score (nSPS) is 9.62. The molecule has 0 saturated heterocycles. The minimum atomic E-state index is -1.08. The fraction of sp³-hybridized carbons (Fsp3) is 0.286. The first-order valence-electron chi connectivity index (χ1n) is 3.61. The van der Waals surface area contributed by atoms with Crippen LogP contribution in [0.1, 0.15) is 16.1 Å². The smallest absolute Gasteiger partial charge is 0.322 e. The second-order valence-corrected chi connectivity index (χ2v) is 2.50. The van der Waals surface area contributed by atoms with Crippen LogP contribution in [0.2, 0.25) is 0 Å². The Balaban J connectivity index is 2.59. The summed E-state index contributed by atoms with van der Waals surface area (Å²) in [5, 5.41) is 16.6. The third-order valence-electron chi connectivity index (χ3n) is 1.46. The topological polar surface area (TPSA) is 95.1 Å². The maximum Gasteiger partial charge on any atom is 0.322 e. The van der Waals surface area contributed by atoms with E-state index >= 15 is 0 Å². The van der Waals surface area contributed by atoms with Crippen molar-refractivity contribution < 1.29 is 14.7 Å². The lowest BCUT2D eigenvalue weighted by atomic mass is 10.2. The van der Waals surface area contributed by atoms with Crippen molar-refractivity contribution >= 4 is 11.9 Å². The van der Waals surface area contributed by atoms with Gasteiger partial charge in [0, 0.05) is 0 Å². The highest BCUT2D eigenvalue weighted by molar-refractivity contribution is 5.95. The van der Waals surface area contributed by atoms with Gasteiger partial charge in [0.05, 0.1) is 6.20 Å². The average Bonchev–Trinajstić information content (AvgIpc) is 2.47. The number of aromatic amines is 1. The van der Waals surface area contributed by atoms with Gasteiger partial charge in [0.25, 0.3) is 5.91 Å². The summed E-state index contributed by atoms with van der Waals surface area (Å²) < 4.78 is 0. The lowest BCUT2D eigenvalue weighted by Crippen LogP contribution is -2.29. The highest BCUT2D eigenvalue weighted by Crippen LogP contribution is 2.00. The molecule has 1 aromatic rings. The fourth-order valence-electron chi connectivity index (χ4n) is 0.821. The van der Waals surface area contributed by atoms with Crippen LogP contribution in [0.4, 0.5) is 0 Å². The Kier molecular flexibility index (Phi) is 2.63. The van der Waals surface area contributed by atoms with Gasteiger partial charge in [-0.15, -0.1) is 0 Å². The van der Waals surface area contributed by atoms with Crippen LogP contribution >= 0.6 is 0 Å². The zero-order valence-electron chi connectivity index (χ0n) is 7.00. The molecule has 3 N–H and O–H groups in total. The minimum absolute atomic E-state index is 0.293. The molecular weight excluding hydrogens is 174 g/mol. The molecule has 0 aliphatic heterocycles. The molecular formula is C7H9N3O3. The van der Waals surface area contributed by atoms with Crippen molar-refractivity contribution in [2.45, 2.75) is 6.92 Å². The summed E-state index contributed by atoms with van der Waals surface area (Å²) in [5.74, 6) is -1.54. The first-order chi connectivity index (χ1) is 6.11. The second kappa shape index (κ2) is 3.70. The van der Waals surface area contributed by atoms with E-state index in [4.69, 9.17) is 5.11 Å². The number of hydrogen-bond donors (Lipinski definition) is 3. The van der Waals surface area contributed by atoms with Gasteiger partial charge in [-0.25, -0.2) is 0 Å². The van der Waals surface area contributed by atoms with E-state index in [0.29, 0.717) is 11.3 Å². The first kappa shape index (κ1) is 9.24. The molecule has 0 saturated carbocycles. The third-order valence-corrected chi connectivity index (χ3v) is 1.46. The number of carboxylic acid groups (broad SMARTS) is 1. The zero-order valence-corrected chi connectivity index (χ0v) is 7.00. The number of nitrogens with one attached hydrogen (secondary N) is 2. The molecule has 1 rings (SSSR count). The Morgan fingerprint density at radius 1 is 1.69 bits per heavy atom. The molecule has 0 atom stereocenters. The van der Waals surface area contributed by atoms with E-state index in [2.05, 4.69) is 15.5 Å². The van der Waals surface area contributed by atoms with Crippen LogP contribution in [0.3, 0.4) is 0 Å². The second-order valence-electron chi connectivity index (χ2n) is 2.50. The summed E-state index contributed by atoms with van der Waals surface area (Å²) >= 11 is 0. The van der Waals surface area contributed by atoms with Crippen molar-refractivity contribution in [3.63, 3.8) is 0 Å². The van der Waals surface area contributed by atoms with Gasteiger partial charge < -0.3 is 10.4 Å². The number of aliphatic carboxylic acids is 1. The lowest BCUT2D eigenvalue weighted by Gasteiger charge is -1.99. The standard InChI is InChI=1S/C7H9N3O3/c1-4-2-9-10-6(4)7(13)8-3-5(11)12/h2H,3H2,1H3,(H,8,13)(H,9,10)(H,11,12). The molecule has 0 radical (unpaired) electrons. The fourth-order valence-corrected chi connectivity index (χ4v) is 0.821. The molecule has 1 amide bonds. The summed E-state index contributed by atoms with van der Waals surface area (Å²) in [5.41, 5.74) is 0.976. The van der Waals surface area contributed by atoms with E-state index in [1.807, 2.05) is 0 Å². The predicted molar refractivity (Wildman–Crippen MR) is 43.3 cm³/mol. The molecule has 0 fully saturated rings. The number of aromatic nitrogens is 2. The molecule has 1 heterocycles. The van der Waals surface area contributed by atoms with Crippen LogP contribution in [0, 0.1) is 6.92 Å². The van der Waals surface area contributed by atoms with Crippen molar-refractivity contribution in [1.82, 2.24) is 15.5 Å². The van der Waals surface area contributed by atoms with Crippen LogP contribution in [-0.4, -0.2) is 33.7 Å². The summed E-state index contributed by atoms with van der Waals surface area (Å²) in [7, 11) is 0. The number of carbonyl (C=O) groups excluding carboxylic acids is 1. The maximum atomic E-state index is 11.2. The van der Waals surface area contributed by atoms with Crippen LogP contribution in [0.5, 0.6) is 0 Å². The largest absolute Gasteiger partial charge is 0.480 e. The van der Waals surface area contributed by atoms with Crippen molar-refractivity contribution in [1.29, 1.82) is 0 Å². The van der Waals surface area contributed by atoms with Gasteiger partial charge >= 0.3 is 5.97 Å². The molecule has 13 heavy (non-hydrogen) atoms. The molecule has 6 heteroatoms. The Hall–Kier alpha value is -1.85. The summed E-state index contributed by atoms with van der Waals surface area (Å²) in [6.45, 7) is 1.32. The van der Waals surface area contributed by atoms with Crippen molar-refractivity contribution in [2.24, 2.45) is 0 Å². The van der Waals surface area contributed by atoms with Gasteiger partial charge in [0.15, 0.2) is 0 Å². The molecule has 0 bridgehead atoms. The number of amides is 1. The molecule has 0 unspecified atom stereocenters. The van der Waals surface area contributed by atoms with E-state index in [-0.39, 0.29) is 0 Å². The van der Waals surface area contributed by atoms with Crippen LogP contribution < -0.4 is 5.32 Å². The number of carboxylic acids is 1. The van der Waals surface area contributed by atoms with E-state index in [1.54, 1.807) is 6.92 Å². The Morgan fingerprint density at radius 2 is 2.38 bits per heavy atom. The monoisotopic (exact) mass is 183 g/mol. The van der Waals surface area contributed by atoms with E-state index in [0.717, 1.165) is 0 Å². The van der Waals surface area contributed by atoms with Crippen LogP contribution in [0.25, 0.3) is 0 Å². The average molecular weight is 183 g/mol. The Morgan fingerprint density at radius 3 is 2.85 bits per heavy atom. The third kappa shape index (κ3) is 2.29. The van der Waals surface area contributed by atoms with Gasteiger partial charge in [-0.2, -0.15) is 5.10 Å². The molecule has 0 aliphatic carbocycles. The number of carbonyl (C=O) groups is 2. The predicted octanol–water partition coefficient (Wildman–Crippen LogP) is -0.467. The quantitative estimate of drug-likeness (QED) is 0.590. The molecule has 1 aromatic heterocycles. The van der Waals surface area contributed by atoms with Gasteiger partial charge in [-0.05, 0) is 12.5 Å². The number of H-pyrrole nitrogens is 1. The summed E-state index contributed by atoms with van der Waals surface area (Å²) in [4.78, 5) is 21.3. The first-order valence-corrected chi connectivity index (χ1v) is 3.61. The highest BCUT2D eigenvalue weighted by Gasteiger charge is 2.10. The van der Waals surface area contributed by atoms with Crippen LogP contribution in [0.15, 0.2) is 6.20 Å². The maximum absolute atomic E-state index is 11.2. The van der Waals surface area contributed by atoms with Crippen LogP contribution in [-0.2, 0) is 4.79 Å². The number of rotatable bonds is 3. The summed E-state index contributed by atoms with van der Waals surface area (Å²) in [6, 6.07) is 0. The van der Waals surface area contributed by atoms with Gasteiger partial charge in [0.2, 0.25) is 0 Å². The zero-order chi connectivity index (χ0) is 9.84. The molecule has 70 valence electrons. The molecule has 0 aromatic carbocycles. The minimum Gasteiger partial charge on any atom is -0.480 e. The van der Waals surface area contributed by atoms with Gasteiger partial charge in [-0.1, -0.05) is 0 Å². The van der Waals surface area contributed by atoms with Crippen molar-refractivity contribution in [2.75, 3.05) is 6.54 Å². The van der Waals surface area contributed by atoms with Crippen molar-refractivity contribution in [3.8, 4) is 0 Å².